The molecule has 0 heterocycles. The highest BCUT2D eigenvalue weighted by Crippen LogP contribution is 2.23. The Balaban J connectivity index is 2.55. The summed E-state index contributed by atoms with van der Waals surface area (Å²) in [5.74, 6) is 0.566. The molecule has 27 heavy (non-hydrogen) atoms. The zero-order chi connectivity index (χ0) is 20.3. The Morgan fingerprint density at radius 3 is 2.56 bits per heavy atom. The predicted octanol–water partition coefficient (Wildman–Crippen LogP) is 2.52. The van der Waals surface area contributed by atoms with Gasteiger partial charge in [-0.25, -0.2) is 0 Å². The van der Waals surface area contributed by atoms with Gasteiger partial charge in [-0.15, -0.1) is 0 Å². The number of nitrogens with zero attached hydrogens (tertiary/aromatic N) is 1. The van der Waals surface area contributed by atoms with E-state index < -0.39 is 12.8 Å². The zero-order valence-corrected chi connectivity index (χ0v) is 15.9. The fraction of sp³-hybridized carbons (Fsp3) is 0.556. The number of nitrogens with one attached hydrogen (secondary N) is 3. The van der Waals surface area contributed by atoms with Gasteiger partial charge in [-0.2, -0.15) is 13.2 Å². The van der Waals surface area contributed by atoms with E-state index in [0.717, 1.165) is 12.0 Å². The molecule has 0 unspecified atom stereocenters. The van der Waals surface area contributed by atoms with E-state index in [1.54, 1.807) is 32.2 Å². The summed E-state index contributed by atoms with van der Waals surface area (Å²) in [6, 6.07) is 5.07. The summed E-state index contributed by atoms with van der Waals surface area (Å²) < 4.78 is 42.2. The number of carbonyl (C=O) groups is 1. The second-order valence-corrected chi connectivity index (χ2v) is 5.97. The van der Waals surface area contributed by atoms with Crippen LogP contribution >= 0.6 is 0 Å². The largest absolute Gasteiger partial charge is 0.484 e. The van der Waals surface area contributed by atoms with Crippen molar-refractivity contribution in [3.63, 3.8) is 0 Å². The van der Waals surface area contributed by atoms with Crippen molar-refractivity contribution < 1.29 is 22.7 Å². The van der Waals surface area contributed by atoms with Crippen molar-refractivity contribution in [1.82, 2.24) is 16.0 Å². The van der Waals surface area contributed by atoms with Crippen LogP contribution in [0.2, 0.25) is 0 Å². The molecule has 6 nitrogen and oxygen atoms in total. The van der Waals surface area contributed by atoms with Crippen molar-refractivity contribution in [3.05, 3.63) is 29.3 Å². The van der Waals surface area contributed by atoms with Gasteiger partial charge in [0.25, 0.3) is 0 Å². The van der Waals surface area contributed by atoms with Crippen LogP contribution in [0.1, 0.15) is 30.9 Å². The molecule has 0 fully saturated rings. The molecule has 1 rings (SSSR count). The molecule has 152 valence electrons. The van der Waals surface area contributed by atoms with Crippen LogP contribution in [0, 0.1) is 6.92 Å². The highest BCUT2D eigenvalue weighted by molar-refractivity contribution is 5.81. The van der Waals surface area contributed by atoms with E-state index in [2.05, 4.69) is 20.9 Å². The van der Waals surface area contributed by atoms with Crippen LogP contribution in [0.15, 0.2) is 23.2 Å². The molecule has 0 bridgehead atoms. The number of aryl methyl sites for hydroxylation is 1. The van der Waals surface area contributed by atoms with Crippen molar-refractivity contribution in [1.29, 1.82) is 0 Å². The summed E-state index contributed by atoms with van der Waals surface area (Å²) in [5.41, 5.74) is 1.38. The van der Waals surface area contributed by atoms with Crippen LogP contribution in [-0.4, -0.2) is 44.8 Å². The Bertz CT molecular complexity index is 634. The summed E-state index contributed by atoms with van der Waals surface area (Å²) in [7, 11) is 1.57. The lowest BCUT2D eigenvalue weighted by atomic mass is 10.1. The maximum Gasteiger partial charge on any atom is 0.422 e. The Labute approximate surface area is 157 Å². The molecule has 0 atom stereocenters. The molecule has 1 aromatic rings. The molecule has 0 aromatic heterocycles. The molecule has 0 spiro atoms. The molecule has 9 heteroatoms. The molecule has 0 saturated heterocycles. The van der Waals surface area contributed by atoms with E-state index >= 15 is 0 Å². The fourth-order valence-electron chi connectivity index (χ4n) is 2.15. The van der Waals surface area contributed by atoms with Crippen LogP contribution < -0.4 is 20.7 Å². The number of alkyl halides is 3. The SMILES string of the molecule is CCCNC(=O)CCNC(=NC)NCc1ccc(C)cc1OCC(F)(F)F. The number of rotatable bonds is 9. The summed E-state index contributed by atoms with van der Waals surface area (Å²) >= 11 is 0. The highest BCUT2D eigenvalue weighted by atomic mass is 19.4. The molecule has 0 aliphatic rings. The van der Waals surface area contributed by atoms with E-state index in [1.165, 1.54) is 0 Å². The number of amides is 1. The van der Waals surface area contributed by atoms with Crippen molar-refractivity contribution in [2.75, 3.05) is 26.7 Å². The lowest BCUT2D eigenvalue weighted by Gasteiger charge is -2.16. The molecule has 1 amide bonds. The van der Waals surface area contributed by atoms with Crippen LogP contribution in [0.5, 0.6) is 5.75 Å². The van der Waals surface area contributed by atoms with Gasteiger partial charge in [0.2, 0.25) is 5.91 Å². The summed E-state index contributed by atoms with van der Waals surface area (Å²) in [4.78, 5) is 15.6. The van der Waals surface area contributed by atoms with Crippen molar-refractivity contribution in [2.24, 2.45) is 4.99 Å². The maximum atomic E-state index is 12.4. The Morgan fingerprint density at radius 2 is 1.93 bits per heavy atom. The third-order valence-electron chi connectivity index (χ3n) is 3.50. The molecule has 0 saturated carbocycles. The van der Waals surface area contributed by atoms with Gasteiger partial charge in [0.05, 0.1) is 0 Å². The van der Waals surface area contributed by atoms with Gasteiger partial charge in [-0.05, 0) is 25.0 Å². The van der Waals surface area contributed by atoms with Gasteiger partial charge >= 0.3 is 6.18 Å². The van der Waals surface area contributed by atoms with Gasteiger partial charge in [0, 0.05) is 38.7 Å². The first-order valence-corrected chi connectivity index (χ1v) is 8.75. The number of ether oxygens (including phenoxy) is 1. The summed E-state index contributed by atoms with van der Waals surface area (Å²) in [5, 5.41) is 8.77. The van der Waals surface area contributed by atoms with Gasteiger partial charge in [0.15, 0.2) is 12.6 Å². The first-order chi connectivity index (χ1) is 12.7. The second kappa shape index (κ2) is 11.3. The van der Waals surface area contributed by atoms with Crippen molar-refractivity contribution in [2.45, 2.75) is 39.4 Å². The second-order valence-electron chi connectivity index (χ2n) is 5.97. The van der Waals surface area contributed by atoms with Crippen molar-refractivity contribution >= 4 is 11.9 Å². The number of halogens is 3. The standard InChI is InChI=1S/C18H27F3N4O2/c1-4-8-23-16(26)7-9-24-17(22-3)25-11-14-6-5-13(2)10-15(14)27-12-18(19,20)21/h5-6,10H,4,7-9,11-12H2,1-3H3,(H,23,26)(H2,22,24,25). The number of hydrogen-bond acceptors (Lipinski definition) is 3. The minimum absolute atomic E-state index is 0.0545. The van der Waals surface area contributed by atoms with E-state index in [0.29, 0.717) is 31.0 Å². The monoisotopic (exact) mass is 388 g/mol. The van der Waals surface area contributed by atoms with Crippen LogP contribution in [0.4, 0.5) is 13.2 Å². The van der Waals surface area contributed by atoms with Crippen molar-refractivity contribution in [3.8, 4) is 5.75 Å². The first-order valence-electron chi connectivity index (χ1n) is 8.75. The smallest absolute Gasteiger partial charge is 0.422 e. The molecular formula is C18H27F3N4O2. The first kappa shape index (κ1) is 22.6. The summed E-state index contributed by atoms with van der Waals surface area (Å²) in [6.45, 7) is 3.67. The quantitative estimate of drug-likeness (QED) is 0.449. The topological polar surface area (TPSA) is 74.8 Å². The molecule has 0 aliphatic carbocycles. The average Bonchev–Trinajstić information content (AvgIpc) is 2.61. The number of carbonyl (C=O) groups excluding carboxylic acids is 1. The lowest BCUT2D eigenvalue weighted by Crippen LogP contribution is -2.39. The molecule has 0 radical (unpaired) electrons. The van der Waals surface area contributed by atoms with Gasteiger partial charge in [0.1, 0.15) is 5.75 Å². The van der Waals surface area contributed by atoms with Crippen LogP contribution in [0.3, 0.4) is 0 Å². The zero-order valence-electron chi connectivity index (χ0n) is 15.9. The van der Waals surface area contributed by atoms with Gasteiger partial charge in [-0.1, -0.05) is 19.1 Å². The maximum absolute atomic E-state index is 12.4. The van der Waals surface area contributed by atoms with Gasteiger partial charge in [-0.3, -0.25) is 9.79 Å². The third-order valence-corrected chi connectivity index (χ3v) is 3.50. The Morgan fingerprint density at radius 1 is 1.19 bits per heavy atom. The number of aliphatic imine (C=N–C) groups is 1. The molecule has 0 aliphatic heterocycles. The minimum atomic E-state index is -4.40. The van der Waals surface area contributed by atoms with E-state index in [1.807, 2.05) is 6.92 Å². The highest BCUT2D eigenvalue weighted by Gasteiger charge is 2.28. The van der Waals surface area contributed by atoms with Gasteiger partial charge < -0.3 is 20.7 Å². The summed E-state index contributed by atoms with van der Waals surface area (Å²) in [6.07, 6.45) is -3.23. The Hall–Kier alpha value is -2.45. The Kier molecular flexibility index (Phi) is 9.46. The normalized spacial score (nSPS) is 11.9. The van der Waals surface area contributed by atoms with E-state index in [-0.39, 0.29) is 18.2 Å². The predicted molar refractivity (Wildman–Crippen MR) is 98.8 cm³/mol. The van der Waals surface area contributed by atoms with Crippen LogP contribution in [0.25, 0.3) is 0 Å². The molecular weight excluding hydrogens is 361 g/mol. The minimum Gasteiger partial charge on any atom is -0.484 e. The van der Waals surface area contributed by atoms with E-state index in [9.17, 15) is 18.0 Å². The number of benzene rings is 1. The average molecular weight is 388 g/mol. The third kappa shape index (κ3) is 9.72. The fourth-order valence-corrected chi connectivity index (χ4v) is 2.15. The number of hydrogen-bond donors (Lipinski definition) is 3. The van der Waals surface area contributed by atoms with E-state index in [4.69, 9.17) is 4.74 Å². The lowest BCUT2D eigenvalue weighted by molar-refractivity contribution is -0.153. The number of guanidine groups is 1. The molecule has 3 N–H and O–H groups in total. The molecule has 1 aromatic carbocycles. The van der Waals surface area contributed by atoms with Crippen LogP contribution in [-0.2, 0) is 11.3 Å².